The molecule has 3 N–H and O–H groups in total. The molecule has 0 aliphatic heterocycles. The van der Waals surface area contributed by atoms with Gasteiger partial charge in [-0.15, -0.1) is 0 Å². The first-order valence-corrected chi connectivity index (χ1v) is 3.87. The molecule has 68 valence electrons. The van der Waals surface area contributed by atoms with Gasteiger partial charge < -0.3 is 10.8 Å². The number of carboxylic acid groups (broad SMARTS) is 1. The first-order chi connectivity index (χ1) is 6.09. The van der Waals surface area contributed by atoms with Crippen LogP contribution in [-0.4, -0.2) is 11.1 Å². The second-order valence-corrected chi connectivity index (χ2v) is 2.80. The van der Waals surface area contributed by atoms with Crippen molar-refractivity contribution in [3.05, 3.63) is 35.4 Å². The summed E-state index contributed by atoms with van der Waals surface area (Å²) in [6.07, 6.45) is 1.60. The number of rotatable bonds is 2. The van der Waals surface area contributed by atoms with Gasteiger partial charge in [-0.1, -0.05) is 12.1 Å². The number of nitrogen functional groups attached to an aromatic ring is 1. The fraction of sp³-hybridized carbons (Fsp3) is 0.100. The Morgan fingerprint density at radius 3 is 2.38 bits per heavy atom. The molecule has 3 heteroatoms. The van der Waals surface area contributed by atoms with Gasteiger partial charge in [-0.2, -0.15) is 0 Å². The van der Waals surface area contributed by atoms with Gasteiger partial charge in [0.15, 0.2) is 0 Å². The highest BCUT2D eigenvalue weighted by molar-refractivity contribution is 5.91. The van der Waals surface area contributed by atoms with Crippen molar-refractivity contribution in [2.24, 2.45) is 0 Å². The number of carbonyl (C=O) groups is 1. The van der Waals surface area contributed by atoms with Crippen molar-refractivity contribution in [3.63, 3.8) is 0 Å². The number of hydrogen-bond acceptors (Lipinski definition) is 2. The van der Waals surface area contributed by atoms with Gasteiger partial charge in [0, 0.05) is 11.3 Å². The monoisotopic (exact) mass is 177 g/mol. The van der Waals surface area contributed by atoms with E-state index in [1.54, 1.807) is 37.3 Å². The van der Waals surface area contributed by atoms with E-state index in [0.29, 0.717) is 11.3 Å². The van der Waals surface area contributed by atoms with Gasteiger partial charge in [-0.3, -0.25) is 0 Å². The van der Waals surface area contributed by atoms with E-state index in [1.165, 1.54) is 0 Å². The van der Waals surface area contributed by atoms with Crippen LogP contribution >= 0.6 is 0 Å². The lowest BCUT2D eigenvalue weighted by Crippen LogP contribution is -1.95. The van der Waals surface area contributed by atoms with Crippen molar-refractivity contribution < 1.29 is 9.90 Å². The van der Waals surface area contributed by atoms with Crippen LogP contribution in [0, 0.1) is 0 Å². The zero-order valence-corrected chi connectivity index (χ0v) is 7.32. The zero-order chi connectivity index (χ0) is 9.84. The quantitative estimate of drug-likeness (QED) is 0.534. The van der Waals surface area contributed by atoms with E-state index >= 15 is 0 Å². The predicted molar refractivity (Wildman–Crippen MR) is 52.1 cm³/mol. The molecule has 0 saturated carbocycles. The summed E-state index contributed by atoms with van der Waals surface area (Å²) in [5.74, 6) is -0.906. The lowest BCUT2D eigenvalue weighted by Gasteiger charge is -1.96. The Labute approximate surface area is 76.5 Å². The molecule has 3 nitrogen and oxygen atoms in total. The minimum Gasteiger partial charge on any atom is -0.478 e. The van der Waals surface area contributed by atoms with E-state index in [0.717, 1.165) is 5.56 Å². The van der Waals surface area contributed by atoms with E-state index < -0.39 is 5.97 Å². The van der Waals surface area contributed by atoms with Gasteiger partial charge in [0.25, 0.3) is 0 Å². The first kappa shape index (κ1) is 9.32. The summed E-state index contributed by atoms with van der Waals surface area (Å²) in [7, 11) is 0. The van der Waals surface area contributed by atoms with Crippen molar-refractivity contribution in [1.29, 1.82) is 0 Å². The number of benzene rings is 1. The number of anilines is 1. The summed E-state index contributed by atoms with van der Waals surface area (Å²) in [5, 5.41) is 8.60. The molecule has 0 atom stereocenters. The molecular weight excluding hydrogens is 166 g/mol. The molecule has 1 aromatic carbocycles. The van der Waals surface area contributed by atoms with E-state index in [1.807, 2.05) is 0 Å². The van der Waals surface area contributed by atoms with Gasteiger partial charge in [-0.25, -0.2) is 4.79 Å². The van der Waals surface area contributed by atoms with Crippen LogP contribution in [0.15, 0.2) is 29.8 Å². The Bertz CT molecular complexity index is 338. The summed E-state index contributed by atoms with van der Waals surface area (Å²) >= 11 is 0. The molecule has 1 aromatic rings. The van der Waals surface area contributed by atoms with Crippen LogP contribution in [-0.2, 0) is 4.79 Å². The van der Waals surface area contributed by atoms with Crippen LogP contribution in [0.4, 0.5) is 5.69 Å². The minimum atomic E-state index is -0.906. The summed E-state index contributed by atoms with van der Waals surface area (Å²) in [5.41, 5.74) is 7.30. The molecule has 13 heavy (non-hydrogen) atoms. The second-order valence-electron chi connectivity index (χ2n) is 2.80. The van der Waals surface area contributed by atoms with Gasteiger partial charge in [0.05, 0.1) is 0 Å². The van der Waals surface area contributed by atoms with E-state index in [-0.39, 0.29) is 0 Å². The maximum absolute atomic E-state index is 10.5. The third-order valence-corrected chi connectivity index (χ3v) is 1.66. The molecule has 0 saturated heterocycles. The lowest BCUT2D eigenvalue weighted by molar-refractivity contribution is -0.132. The fourth-order valence-electron chi connectivity index (χ4n) is 0.904. The van der Waals surface area contributed by atoms with Crippen molar-refractivity contribution in [2.45, 2.75) is 6.92 Å². The Kier molecular flexibility index (Phi) is 2.69. The highest BCUT2D eigenvalue weighted by atomic mass is 16.4. The Morgan fingerprint density at radius 2 is 1.92 bits per heavy atom. The van der Waals surface area contributed by atoms with Crippen molar-refractivity contribution in [1.82, 2.24) is 0 Å². The maximum atomic E-state index is 10.5. The third-order valence-electron chi connectivity index (χ3n) is 1.66. The van der Waals surface area contributed by atoms with Crippen LogP contribution in [0.3, 0.4) is 0 Å². The second kappa shape index (κ2) is 3.76. The lowest BCUT2D eigenvalue weighted by atomic mass is 10.1. The highest BCUT2D eigenvalue weighted by Gasteiger charge is 1.98. The molecule has 0 unspecified atom stereocenters. The summed E-state index contributed by atoms with van der Waals surface area (Å²) < 4.78 is 0. The number of hydrogen-bond donors (Lipinski definition) is 2. The average molecular weight is 177 g/mol. The largest absolute Gasteiger partial charge is 0.478 e. The van der Waals surface area contributed by atoms with Crippen LogP contribution < -0.4 is 5.73 Å². The van der Waals surface area contributed by atoms with Crippen LogP contribution in [0.25, 0.3) is 6.08 Å². The molecule has 0 bridgehead atoms. The van der Waals surface area contributed by atoms with Gasteiger partial charge >= 0.3 is 5.97 Å². The number of nitrogens with two attached hydrogens (primary N) is 1. The smallest absolute Gasteiger partial charge is 0.331 e. The van der Waals surface area contributed by atoms with Gasteiger partial charge in [0.2, 0.25) is 0 Å². The van der Waals surface area contributed by atoms with Gasteiger partial charge in [-0.05, 0) is 30.7 Å². The Hall–Kier alpha value is -1.77. The molecule has 0 radical (unpaired) electrons. The minimum absolute atomic E-state index is 0.310. The SMILES string of the molecule is C/C(=C\c1ccc(N)cc1)C(=O)O. The molecule has 0 aliphatic carbocycles. The molecule has 0 spiro atoms. The molecule has 1 rings (SSSR count). The molecule has 0 heterocycles. The first-order valence-electron chi connectivity index (χ1n) is 3.87. The van der Waals surface area contributed by atoms with Crippen molar-refractivity contribution in [2.75, 3.05) is 5.73 Å². The average Bonchev–Trinajstić information content (AvgIpc) is 2.08. The normalized spacial score (nSPS) is 11.3. The molecule has 0 aliphatic rings. The zero-order valence-electron chi connectivity index (χ0n) is 7.32. The van der Waals surface area contributed by atoms with Crippen molar-refractivity contribution in [3.8, 4) is 0 Å². The topological polar surface area (TPSA) is 63.3 Å². The summed E-state index contributed by atoms with van der Waals surface area (Å²) in [6.45, 7) is 1.55. The number of aliphatic carboxylic acids is 1. The maximum Gasteiger partial charge on any atom is 0.331 e. The standard InChI is InChI=1S/C10H11NO2/c1-7(10(12)13)6-8-2-4-9(11)5-3-8/h2-6H,11H2,1H3,(H,12,13)/b7-6+. The van der Waals surface area contributed by atoms with Crippen molar-refractivity contribution >= 4 is 17.7 Å². The summed E-state index contributed by atoms with van der Waals surface area (Å²) in [4.78, 5) is 10.5. The molecule has 0 amide bonds. The van der Waals surface area contributed by atoms with Crippen LogP contribution in [0.5, 0.6) is 0 Å². The molecule has 0 aromatic heterocycles. The Balaban J connectivity index is 2.92. The summed E-state index contributed by atoms with van der Waals surface area (Å²) in [6, 6.07) is 7.03. The van der Waals surface area contributed by atoms with Crippen LogP contribution in [0.1, 0.15) is 12.5 Å². The number of carboxylic acids is 1. The highest BCUT2D eigenvalue weighted by Crippen LogP contribution is 2.09. The van der Waals surface area contributed by atoms with E-state index in [9.17, 15) is 4.79 Å². The molecular formula is C10H11NO2. The van der Waals surface area contributed by atoms with E-state index in [4.69, 9.17) is 10.8 Å². The predicted octanol–water partition coefficient (Wildman–Crippen LogP) is 1.76. The fourth-order valence-corrected chi connectivity index (χ4v) is 0.904. The molecule has 0 fully saturated rings. The third kappa shape index (κ3) is 2.63. The Morgan fingerprint density at radius 1 is 1.38 bits per heavy atom. The van der Waals surface area contributed by atoms with E-state index in [2.05, 4.69) is 0 Å². The van der Waals surface area contributed by atoms with Crippen LogP contribution in [0.2, 0.25) is 0 Å². The van der Waals surface area contributed by atoms with Gasteiger partial charge in [0.1, 0.15) is 0 Å².